The molecule has 10 heteroatoms. The van der Waals surface area contributed by atoms with Crippen molar-refractivity contribution in [1.29, 1.82) is 0 Å². The van der Waals surface area contributed by atoms with E-state index in [2.05, 4.69) is 17.2 Å². The highest BCUT2D eigenvalue weighted by molar-refractivity contribution is 6.30. The number of hydrogen-bond donors (Lipinski definition) is 4. The van der Waals surface area contributed by atoms with Gasteiger partial charge in [0.1, 0.15) is 12.2 Å². The fraction of sp³-hybridized carbons (Fsp3) is 0.407. The largest absolute Gasteiger partial charge is 0.465 e. The maximum atomic E-state index is 12.9. The summed E-state index contributed by atoms with van der Waals surface area (Å²) in [6, 6.07) is 15.0. The van der Waals surface area contributed by atoms with E-state index in [1.54, 1.807) is 31.2 Å². The van der Waals surface area contributed by atoms with Crippen molar-refractivity contribution in [2.75, 3.05) is 13.7 Å². The number of aliphatic hydroxyl groups excluding tert-OH is 2. The van der Waals surface area contributed by atoms with Gasteiger partial charge in [-0.25, -0.2) is 4.79 Å². The summed E-state index contributed by atoms with van der Waals surface area (Å²) in [4.78, 5) is 25.3. The summed E-state index contributed by atoms with van der Waals surface area (Å²) in [5.41, 5.74) is 1.78. The number of halogens is 1. The standard InChI is InChI=1S/C27H33ClN2O7/c1-17(2)30-21-13-14-27(26(34)35-3,36-16-18-7-5-4-6-8-18)37-24(21)23(32)22(31)15-29-25(33)19-9-11-20(28)12-10-19/h4-12,21-24,30-32H,1,13-16H2,2-3H3,(H,29,33)/t21?,22?,23-,24?,27?/m1/s1. The van der Waals surface area contributed by atoms with Crippen LogP contribution in [0.15, 0.2) is 66.9 Å². The molecule has 37 heavy (non-hydrogen) atoms. The lowest BCUT2D eigenvalue weighted by Gasteiger charge is -2.45. The van der Waals surface area contributed by atoms with Gasteiger partial charge in [0.15, 0.2) is 0 Å². The number of allylic oxidation sites excluding steroid dienone is 1. The van der Waals surface area contributed by atoms with Crippen LogP contribution in [0.3, 0.4) is 0 Å². The number of hydrogen-bond acceptors (Lipinski definition) is 8. The first-order valence-corrected chi connectivity index (χ1v) is 12.3. The fourth-order valence-corrected chi connectivity index (χ4v) is 4.26. The third kappa shape index (κ3) is 7.53. The summed E-state index contributed by atoms with van der Waals surface area (Å²) >= 11 is 5.86. The Labute approximate surface area is 221 Å². The number of ether oxygens (including phenoxy) is 3. The molecule has 0 spiro atoms. The maximum absolute atomic E-state index is 12.9. The van der Waals surface area contributed by atoms with Crippen molar-refractivity contribution in [3.8, 4) is 0 Å². The number of benzene rings is 2. The molecule has 1 aliphatic heterocycles. The van der Waals surface area contributed by atoms with Gasteiger partial charge in [-0.15, -0.1) is 0 Å². The van der Waals surface area contributed by atoms with Crippen LogP contribution >= 0.6 is 11.6 Å². The van der Waals surface area contributed by atoms with E-state index in [4.69, 9.17) is 25.8 Å². The minimum absolute atomic E-state index is 0.0665. The van der Waals surface area contributed by atoms with Crippen molar-refractivity contribution in [2.45, 2.75) is 56.5 Å². The van der Waals surface area contributed by atoms with Crippen LogP contribution in [0.4, 0.5) is 0 Å². The molecular formula is C27H33ClN2O7. The van der Waals surface area contributed by atoms with Crippen LogP contribution < -0.4 is 10.6 Å². The molecule has 200 valence electrons. The molecule has 1 amide bonds. The lowest BCUT2D eigenvalue weighted by atomic mass is 9.90. The van der Waals surface area contributed by atoms with Crippen molar-refractivity contribution in [1.82, 2.24) is 10.6 Å². The Kier molecular flexibility index (Phi) is 10.1. The van der Waals surface area contributed by atoms with Gasteiger partial charge in [-0.1, -0.05) is 48.5 Å². The summed E-state index contributed by atoms with van der Waals surface area (Å²) in [7, 11) is 1.23. The second-order valence-corrected chi connectivity index (χ2v) is 9.38. The second-order valence-electron chi connectivity index (χ2n) is 8.95. The van der Waals surface area contributed by atoms with Crippen molar-refractivity contribution < 1.29 is 34.0 Å². The molecule has 0 aromatic heterocycles. The summed E-state index contributed by atoms with van der Waals surface area (Å²) in [5, 5.41) is 28.1. The van der Waals surface area contributed by atoms with Crippen LogP contribution in [0, 0.1) is 0 Å². The van der Waals surface area contributed by atoms with E-state index in [0.717, 1.165) is 5.56 Å². The molecule has 1 saturated heterocycles. The highest BCUT2D eigenvalue weighted by Crippen LogP contribution is 2.35. The van der Waals surface area contributed by atoms with Gasteiger partial charge in [-0.2, -0.15) is 0 Å². The van der Waals surface area contributed by atoms with Gasteiger partial charge >= 0.3 is 5.97 Å². The molecule has 1 fully saturated rings. The first-order valence-electron chi connectivity index (χ1n) is 11.9. The molecule has 9 nitrogen and oxygen atoms in total. The number of rotatable bonds is 11. The van der Waals surface area contributed by atoms with Crippen molar-refractivity contribution in [3.63, 3.8) is 0 Å². The molecule has 0 saturated carbocycles. The maximum Gasteiger partial charge on any atom is 0.366 e. The Hall–Kier alpha value is -2.95. The van der Waals surface area contributed by atoms with Crippen molar-refractivity contribution in [2.24, 2.45) is 0 Å². The topological polar surface area (TPSA) is 126 Å². The number of carbonyl (C=O) groups excluding carboxylic acids is 2. The van der Waals surface area contributed by atoms with Crippen LogP contribution in [-0.2, 0) is 25.6 Å². The average molecular weight is 533 g/mol. The zero-order valence-corrected chi connectivity index (χ0v) is 21.6. The Bertz CT molecular complexity index is 1070. The molecular weight excluding hydrogens is 500 g/mol. The van der Waals surface area contributed by atoms with Gasteiger partial charge in [0.2, 0.25) is 0 Å². The highest BCUT2D eigenvalue weighted by atomic mass is 35.5. The molecule has 1 aliphatic rings. The Morgan fingerprint density at radius 1 is 1.19 bits per heavy atom. The number of nitrogens with one attached hydrogen (secondary N) is 2. The molecule has 3 rings (SSSR count). The minimum atomic E-state index is -1.80. The van der Waals surface area contributed by atoms with Crippen LogP contribution in [-0.4, -0.2) is 65.9 Å². The fourth-order valence-electron chi connectivity index (χ4n) is 4.13. The smallest absolute Gasteiger partial charge is 0.366 e. The van der Waals surface area contributed by atoms with Crippen LogP contribution in [0.25, 0.3) is 0 Å². The molecule has 2 aromatic rings. The number of esters is 1. The Balaban J connectivity index is 1.75. The van der Waals surface area contributed by atoms with Crippen molar-refractivity contribution >= 4 is 23.5 Å². The van der Waals surface area contributed by atoms with E-state index < -0.39 is 42.0 Å². The van der Waals surface area contributed by atoms with E-state index in [1.165, 1.54) is 7.11 Å². The monoisotopic (exact) mass is 532 g/mol. The lowest BCUT2D eigenvalue weighted by Crippen LogP contribution is -2.62. The third-order valence-corrected chi connectivity index (χ3v) is 6.31. The Morgan fingerprint density at radius 3 is 2.49 bits per heavy atom. The van der Waals surface area contributed by atoms with Gasteiger partial charge in [0, 0.05) is 29.2 Å². The lowest BCUT2D eigenvalue weighted by molar-refractivity contribution is -0.301. The molecule has 0 radical (unpaired) electrons. The quantitative estimate of drug-likeness (QED) is 0.325. The summed E-state index contributed by atoms with van der Waals surface area (Å²) in [5.74, 6) is -2.99. The van der Waals surface area contributed by atoms with Crippen molar-refractivity contribution in [3.05, 3.63) is 83.0 Å². The van der Waals surface area contributed by atoms with E-state index in [-0.39, 0.29) is 19.6 Å². The summed E-state index contributed by atoms with van der Waals surface area (Å²) in [6.45, 7) is 5.40. The van der Waals surface area contributed by atoms with Gasteiger partial charge in [0.25, 0.3) is 11.7 Å². The molecule has 0 bridgehead atoms. The first-order chi connectivity index (χ1) is 17.6. The average Bonchev–Trinajstić information content (AvgIpc) is 2.90. The number of amides is 1. The minimum Gasteiger partial charge on any atom is -0.465 e. The van der Waals surface area contributed by atoms with Crippen LogP contribution in [0.1, 0.15) is 35.7 Å². The molecule has 5 atom stereocenters. The number of carbonyl (C=O) groups is 2. The van der Waals surface area contributed by atoms with E-state index in [1.807, 2.05) is 30.3 Å². The predicted octanol–water partition coefficient (Wildman–Crippen LogP) is 2.55. The van der Waals surface area contributed by atoms with Gasteiger partial charge in [-0.05, 0) is 43.2 Å². The SMILES string of the molecule is C=C(C)NC1CCC(OCc2ccccc2)(C(=O)OC)OC1[C@H](O)C(O)CNC(=O)c1ccc(Cl)cc1. The molecule has 1 heterocycles. The van der Waals surface area contributed by atoms with E-state index in [0.29, 0.717) is 22.7 Å². The zero-order chi connectivity index (χ0) is 27.0. The third-order valence-electron chi connectivity index (χ3n) is 6.06. The summed E-state index contributed by atoms with van der Waals surface area (Å²) in [6.07, 6.45) is -3.51. The number of aliphatic hydroxyl groups is 2. The van der Waals surface area contributed by atoms with Gasteiger partial charge < -0.3 is 35.1 Å². The van der Waals surface area contributed by atoms with Crippen LogP contribution in [0.5, 0.6) is 0 Å². The zero-order valence-electron chi connectivity index (χ0n) is 20.9. The molecule has 2 aromatic carbocycles. The molecule has 0 aliphatic carbocycles. The Morgan fingerprint density at radius 2 is 1.86 bits per heavy atom. The van der Waals surface area contributed by atoms with Gasteiger partial charge in [0.05, 0.1) is 25.9 Å². The van der Waals surface area contributed by atoms with E-state index >= 15 is 0 Å². The van der Waals surface area contributed by atoms with E-state index in [9.17, 15) is 19.8 Å². The number of methoxy groups -OCH3 is 1. The molecule has 4 unspecified atom stereocenters. The first kappa shape index (κ1) is 28.6. The second kappa shape index (κ2) is 13.0. The van der Waals surface area contributed by atoms with Crippen LogP contribution in [0.2, 0.25) is 5.02 Å². The molecule has 4 N–H and O–H groups in total. The predicted molar refractivity (Wildman–Crippen MR) is 138 cm³/mol. The van der Waals surface area contributed by atoms with Gasteiger partial charge in [-0.3, -0.25) is 4.79 Å². The normalized spacial score (nSPS) is 22.9. The summed E-state index contributed by atoms with van der Waals surface area (Å²) < 4.78 is 17.1. The highest BCUT2D eigenvalue weighted by Gasteiger charge is 2.52.